The summed E-state index contributed by atoms with van der Waals surface area (Å²) in [5.41, 5.74) is 0.884. The van der Waals surface area contributed by atoms with E-state index in [0.717, 1.165) is 36.0 Å². The molecule has 1 aliphatic rings. The SMILES string of the molecule is CCC1CN(Cc2ccc(Br)cc2F)C(C)(CC)CN1. The Morgan fingerprint density at radius 1 is 1.45 bits per heavy atom. The molecule has 1 aliphatic heterocycles. The first-order chi connectivity index (χ1) is 9.48. The van der Waals surface area contributed by atoms with E-state index in [2.05, 4.69) is 46.9 Å². The summed E-state index contributed by atoms with van der Waals surface area (Å²) in [6.07, 6.45) is 2.17. The fraction of sp³-hybridized carbons (Fsp3) is 0.625. The Labute approximate surface area is 129 Å². The molecule has 4 heteroatoms. The number of halogens is 2. The largest absolute Gasteiger partial charge is 0.311 e. The van der Waals surface area contributed by atoms with Crippen LogP contribution in [-0.2, 0) is 6.54 Å². The smallest absolute Gasteiger partial charge is 0.128 e. The maximum atomic E-state index is 14.1. The molecule has 2 unspecified atom stereocenters. The Balaban J connectivity index is 2.18. The minimum absolute atomic E-state index is 0.102. The third kappa shape index (κ3) is 3.41. The van der Waals surface area contributed by atoms with Crippen LogP contribution in [0.4, 0.5) is 4.39 Å². The predicted octanol–water partition coefficient (Wildman–Crippen LogP) is 3.94. The molecule has 0 saturated carbocycles. The van der Waals surface area contributed by atoms with Crippen molar-refractivity contribution in [3.8, 4) is 0 Å². The zero-order valence-corrected chi connectivity index (χ0v) is 14.1. The lowest BCUT2D eigenvalue weighted by Gasteiger charge is -2.48. The first-order valence-corrected chi connectivity index (χ1v) is 8.20. The molecule has 1 N–H and O–H groups in total. The van der Waals surface area contributed by atoms with E-state index in [1.165, 1.54) is 0 Å². The quantitative estimate of drug-likeness (QED) is 0.891. The van der Waals surface area contributed by atoms with E-state index in [-0.39, 0.29) is 11.4 Å². The molecule has 0 amide bonds. The Morgan fingerprint density at radius 2 is 2.20 bits per heavy atom. The van der Waals surface area contributed by atoms with Gasteiger partial charge >= 0.3 is 0 Å². The van der Waals surface area contributed by atoms with E-state index < -0.39 is 0 Å². The number of nitrogens with zero attached hydrogens (tertiary/aromatic N) is 1. The number of hydrogen-bond donors (Lipinski definition) is 1. The van der Waals surface area contributed by atoms with Crippen molar-refractivity contribution in [1.29, 1.82) is 0 Å². The zero-order chi connectivity index (χ0) is 14.8. The van der Waals surface area contributed by atoms with Crippen molar-refractivity contribution in [3.63, 3.8) is 0 Å². The van der Waals surface area contributed by atoms with E-state index in [4.69, 9.17) is 0 Å². The lowest BCUT2D eigenvalue weighted by molar-refractivity contribution is 0.0399. The molecule has 2 rings (SSSR count). The van der Waals surface area contributed by atoms with Crippen LogP contribution >= 0.6 is 15.9 Å². The average Bonchev–Trinajstić information content (AvgIpc) is 2.44. The van der Waals surface area contributed by atoms with E-state index in [1.54, 1.807) is 6.07 Å². The highest BCUT2D eigenvalue weighted by atomic mass is 79.9. The average molecular weight is 343 g/mol. The van der Waals surface area contributed by atoms with Crippen LogP contribution in [0.15, 0.2) is 22.7 Å². The number of benzene rings is 1. The predicted molar refractivity (Wildman–Crippen MR) is 85.3 cm³/mol. The van der Waals surface area contributed by atoms with Crippen LogP contribution in [-0.4, -0.2) is 29.6 Å². The first kappa shape index (κ1) is 15.9. The zero-order valence-electron chi connectivity index (χ0n) is 12.5. The third-order valence-electron chi connectivity index (χ3n) is 4.61. The molecule has 20 heavy (non-hydrogen) atoms. The summed E-state index contributed by atoms with van der Waals surface area (Å²) < 4.78 is 14.9. The lowest BCUT2D eigenvalue weighted by atomic mass is 9.91. The number of nitrogens with one attached hydrogen (secondary N) is 1. The van der Waals surface area contributed by atoms with Crippen LogP contribution in [0.2, 0.25) is 0 Å². The molecule has 0 radical (unpaired) electrons. The second-order valence-electron chi connectivity index (χ2n) is 5.95. The summed E-state index contributed by atoms with van der Waals surface area (Å²) >= 11 is 3.31. The second-order valence-corrected chi connectivity index (χ2v) is 6.87. The summed E-state index contributed by atoms with van der Waals surface area (Å²) in [7, 11) is 0. The molecule has 0 aromatic heterocycles. The summed E-state index contributed by atoms with van der Waals surface area (Å²) in [6, 6.07) is 5.87. The highest BCUT2D eigenvalue weighted by molar-refractivity contribution is 9.10. The summed E-state index contributed by atoms with van der Waals surface area (Å²) in [5.74, 6) is -0.121. The fourth-order valence-corrected chi connectivity index (χ4v) is 3.09. The summed E-state index contributed by atoms with van der Waals surface area (Å²) in [4.78, 5) is 2.43. The van der Waals surface area contributed by atoms with Crippen LogP contribution in [0.25, 0.3) is 0 Å². The van der Waals surface area contributed by atoms with E-state index in [0.29, 0.717) is 12.6 Å². The van der Waals surface area contributed by atoms with Gasteiger partial charge in [0.05, 0.1) is 0 Å². The summed E-state index contributed by atoms with van der Waals surface area (Å²) in [5, 5.41) is 3.61. The summed E-state index contributed by atoms with van der Waals surface area (Å²) in [6.45, 7) is 9.31. The van der Waals surface area contributed by atoms with Crippen LogP contribution < -0.4 is 5.32 Å². The van der Waals surface area contributed by atoms with Crippen molar-refractivity contribution in [1.82, 2.24) is 10.2 Å². The molecule has 2 atom stereocenters. The molecule has 112 valence electrons. The first-order valence-electron chi connectivity index (χ1n) is 7.41. The number of rotatable bonds is 4. The van der Waals surface area contributed by atoms with Gasteiger partial charge in [-0.15, -0.1) is 0 Å². The van der Waals surface area contributed by atoms with Gasteiger partial charge in [-0.1, -0.05) is 35.8 Å². The Hall–Kier alpha value is -0.450. The fourth-order valence-electron chi connectivity index (χ4n) is 2.76. The Kier molecular flexibility index (Phi) is 5.21. The number of piperazine rings is 1. The van der Waals surface area contributed by atoms with Crippen LogP contribution in [0, 0.1) is 5.82 Å². The highest BCUT2D eigenvalue weighted by Crippen LogP contribution is 2.27. The monoisotopic (exact) mass is 342 g/mol. The van der Waals surface area contributed by atoms with Gasteiger partial charge in [0.1, 0.15) is 5.82 Å². The minimum atomic E-state index is -0.121. The highest BCUT2D eigenvalue weighted by Gasteiger charge is 2.35. The van der Waals surface area contributed by atoms with Gasteiger partial charge < -0.3 is 5.32 Å². The Morgan fingerprint density at radius 3 is 2.80 bits per heavy atom. The van der Waals surface area contributed by atoms with Gasteiger partial charge in [0.25, 0.3) is 0 Å². The van der Waals surface area contributed by atoms with Crippen molar-refractivity contribution < 1.29 is 4.39 Å². The van der Waals surface area contributed by atoms with Gasteiger partial charge in [0.15, 0.2) is 0 Å². The molecule has 1 fully saturated rings. The molecular weight excluding hydrogens is 319 g/mol. The Bertz CT molecular complexity index is 466. The van der Waals surface area contributed by atoms with Crippen molar-refractivity contribution in [2.24, 2.45) is 0 Å². The van der Waals surface area contributed by atoms with Gasteiger partial charge in [0, 0.05) is 41.3 Å². The molecular formula is C16H24BrFN2. The van der Waals surface area contributed by atoms with Crippen LogP contribution in [0.5, 0.6) is 0 Å². The molecule has 1 aromatic rings. The van der Waals surface area contributed by atoms with Gasteiger partial charge in [-0.2, -0.15) is 0 Å². The lowest BCUT2D eigenvalue weighted by Crippen LogP contribution is -2.62. The molecule has 0 bridgehead atoms. The van der Waals surface area contributed by atoms with Crippen molar-refractivity contribution >= 4 is 15.9 Å². The number of hydrogen-bond acceptors (Lipinski definition) is 2. The van der Waals surface area contributed by atoms with Crippen molar-refractivity contribution in [2.45, 2.75) is 51.7 Å². The van der Waals surface area contributed by atoms with Gasteiger partial charge in [0.2, 0.25) is 0 Å². The van der Waals surface area contributed by atoms with E-state index >= 15 is 0 Å². The normalized spacial score (nSPS) is 27.8. The van der Waals surface area contributed by atoms with Crippen molar-refractivity contribution in [3.05, 3.63) is 34.1 Å². The van der Waals surface area contributed by atoms with E-state index in [9.17, 15) is 4.39 Å². The molecule has 0 aliphatic carbocycles. The molecule has 1 aromatic carbocycles. The maximum absolute atomic E-state index is 14.1. The second kappa shape index (κ2) is 6.54. The van der Waals surface area contributed by atoms with E-state index in [1.807, 2.05) is 12.1 Å². The minimum Gasteiger partial charge on any atom is -0.311 e. The third-order valence-corrected chi connectivity index (χ3v) is 5.10. The van der Waals surface area contributed by atoms with Gasteiger partial charge in [-0.3, -0.25) is 4.90 Å². The van der Waals surface area contributed by atoms with Crippen LogP contribution in [0.1, 0.15) is 39.2 Å². The molecule has 2 nitrogen and oxygen atoms in total. The molecule has 1 heterocycles. The standard InChI is InChI=1S/C16H24BrFN2/c1-4-14-10-20(16(3,5-2)11-19-14)9-12-6-7-13(17)8-15(12)18/h6-8,14,19H,4-5,9-11H2,1-3H3. The van der Waals surface area contributed by atoms with Crippen molar-refractivity contribution in [2.75, 3.05) is 13.1 Å². The topological polar surface area (TPSA) is 15.3 Å². The molecule has 0 spiro atoms. The molecule has 1 saturated heterocycles. The van der Waals surface area contributed by atoms with Gasteiger partial charge in [-0.05, 0) is 31.9 Å². The maximum Gasteiger partial charge on any atom is 0.128 e. The van der Waals surface area contributed by atoms with Gasteiger partial charge in [-0.25, -0.2) is 4.39 Å². The van der Waals surface area contributed by atoms with Crippen LogP contribution in [0.3, 0.4) is 0 Å².